The molecule has 20 heavy (non-hydrogen) atoms. The average molecular weight is 400 g/mol. The van der Waals surface area contributed by atoms with E-state index in [4.69, 9.17) is 0 Å². The van der Waals surface area contributed by atoms with Crippen LogP contribution < -0.4 is 0 Å². The van der Waals surface area contributed by atoms with Gasteiger partial charge in [-0.15, -0.1) is 0 Å². The van der Waals surface area contributed by atoms with Gasteiger partial charge in [0.1, 0.15) is 0 Å². The summed E-state index contributed by atoms with van der Waals surface area (Å²) in [4.78, 5) is 0.390. The number of rotatable bonds is 6. The van der Waals surface area contributed by atoms with E-state index >= 15 is 0 Å². The Bertz CT molecular complexity index is 549. The van der Waals surface area contributed by atoms with Gasteiger partial charge in [0, 0.05) is 11.4 Å². The molecule has 0 amide bonds. The van der Waals surface area contributed by atoms with E-state index in [1.165, 1.54) is 15.7 Å². The Morgan fingerprint density at radius 1 is 1.20 bits per heavy atom. The smallest absolute Gasteiger partial charge is 0.0766 e. The molecule has 2 rings (SSSR count). The van der Waals surface area contributed by atoms with Crippen LogP contribution in [0, 0.1) is 0 Å². The molecule has 0 bridgehead atoms. The molecule has 0 aliphatic rings. The second-order valence-corrected chi connectivity index (χ2v) is 6.69. The van der Waals surface area contributed by atoms with Crippen LogP contribution in [0.2, 0.25) is 0 Å². The molecular weight excluding hydrogens is 380 g/mol. The van der Waals surface area contributed by atoms with Gasteiger partial charge in [-0.2, -0.15) is 5.10 Å². The molecule has 2 nitrogen and oxygen atoms in total. The van der Waals surface area contributed by atoms with E-state index in [0.29, 0.717) is 4.83 Å². The lowest BCUT2D eigenvalue weighted by Gasteiger charge is -2.11. The normalized spacial score (nSPS) is 12.6. The van der Waals surface area contributed by atoms with Crippen LogP contribution in [0.1, 0.15) is 42.0 Å². The molecule has 0 aliphatic heterocycles. The van der Waals surface area contributed by atoms with Crippen LogP contribution in [-0.4, -0.2) is 9.78 Å². The van der Waals surface area contributed by atoms with Gasteiger partial charge in [-0.1, -0.05) is 53.2 Å². The van der Waals surface area contributed by atoms with Crippen molar-refractivity contribution >= 4 is 31.9 Å². The molecule has 4 heteroatoms. The van der Waals surface area contributed by atoms with Gasteiger partial charge in [-0.3, -0.25) is 4.68 Å². The highest BCUT2D eigenvalue weighted by Crippen LogP contribution is 2.30. The van der Waals surface area contributed by atoms with Crippen molar-refractivity contribution in [2.45, 2.75) is 44.5 Å². The summed E-state index contributed by atoms with van der Waals surface area (Å²) in [6, 6.07) is 10.6. The Kier molecular flexibility index (Phi) is 5.85. The summed E-state index contributed by atoms with van der Waals surface area (Å²) in [5.41, 5.74) is 3.80. The van der Waals surface area contributed by atoms with Crippen molar-refractivity contribution < 1.29 is 0 Å². The Morgan fingerprint density at radius 2 is 1.90 bits per heavy atom. The minimum absolute atomic E-state index is 0.390. The highest BCUT2D eigenvalue weighted by atomic mass is 79.9. The third-order valence-corrected chi connectivity index (χ3v) is 5.39. The van der Waals surface area contributed by atoms with Gasteiger partial charge in [0.15, 0.2) is 0 Å². The van der Waals surface area contributed by atoms with E-state index in [1.807, 2.05) is 0 Å². The fourth-order valence-corrected chi connectivity index (χ4v) is 3.64. The van der Waals surface area contributed by atoms with E-state index in [2.05, 4.69) is 85.8 Å². The number of alkyl halides is 1. The van der Waals surface area contributed by atoms with Gasteiger partial charge in [0.2, 0.25) is 0 Å². The second-order valence-electron chi connectivity index (χ2n) is 4.79. The number of aryl methyl sites for hydroxylation is 2. The number of aromatic nitrogens is 2. The maximum Gasteiger partial charge on any atom is 0.0766 e. The number of halogens is 2. The van der Waals surface area contributed by atoms with Crippen molar-refractivity contribution in [1.29, 1.82) is 0 Å². The highest BCUT2D eigenvalue weighted by molar-refractivity contribution is 9.10. The van der Waals surface area contributed by atoms with Gasteiger partial charge in [-0.25, -0.2) is 0 Å². The topological polar surface area (TPSA) is 17.8 Å². The number of benzene rings is 1. The molecule has 2 aromatic rings. The third-order valence-electron chi connectivity index (χ3n) is 3.49. The Morgan fingerprint density at radius 3 is 2.50 bits per heavy atom. The first kappa shape index (κ1) is 15.8. The Balaban J connectivity index is 2.09. The fourth-order valence-electron chi connectivity index (χ4n) is 2.35. The summed E-state index contributed by atoms with van der Waals surface area (Å²) >= 11 is 7.50. The quantitative estimate of drug-likeness (QED) is 0.602. The first-order valence-electron chi connectivity index (χ1n) is 7.10. The molecule has 1 heterocycles. The van der Waals surface area contributed by atoms with E-state index in [9.17, 15) is 0 Å². The minimum Gasteiger partial charge on any atom is -0.268 e. The maximum absolute atomic E-state index is 4.65. The molecular formula is C16H20Br2N2. The SMILES string of the molecule is CCc1nn(CC)c(CCC(Br)c2ccccc2)c1Br. The first-order valence-corrected chi connectivity index (χ1v) is 8.81. The van der Waals surface area contributed by atoms with Crippen LogP contribution in [0.3, 0.4) is 0 Å². The number of hydrogen-bond acceptors (Lipinski definition) is 1. The van der Waals surface area contributed by atoms with E-state index in [0.717, 1.165) is 31.5 Å². The zero-order valence-corrected chi connectivity index (χ0v) is 15.1. The lowest BCUT2D eigenvalue weighted by Crippen LogP contribution is -2.04. The van der Waals surface area contributed by atoms with Crippen LogP contribution in [0.4, 0.5) is 0 Å². The molecule has 1 unspecified atom stereocenters. The van der Waals surface area contributed by atoms with Crippen LogP contribution in [0.25, 0.3) is 0 Å². The predicted octanol–water partition coefficient (Wildman–Crippen LogP) is 5.30. The summed E-state index contributed by atoms with van der Waals surface area (Å²) in [6.45, 7) is 5.21. The molecule has 1 aromatic heterocycles. The summed E-state index contributed by atoms with van der Waals surface area (Å²) in [5, 5.41) is 4.65. The van der Waals surface area contributed by atoms with Crippen LogP contribution in [-0.2, 0) is 19.4 Å². The molecule has 0 N–H and O–H groups in total. The molecule has 1 aromatic carbocycles. The number of nitrogens with zero attached hydrogens (tertiary/aromatic N) is 2. The average Bonchev–Trinajstić information content (AvgIpc) is 2.81. The van der Waals surface area contributed by atoms with Crippen LogP contribution >= 0.6 is 31.9 Å². The molecule has 108 valence electrons. The van der Waals surface area contributed by atoms with Gasteiger partial charge in [0.05, 0.1) is 15.9 Å². The zero-order valence-electron chi connectivity index (χ0n) is 11.9. The van der Waals surface area contributed by atoms with Crippen LogP contribution in [0.15, 0.2) is 34.8 Å². The largest absolute Gasteiger partial charge is 0.268 e. The third kappa shape index (κ3) is 3.53. The summed E-state index contributed by atoms with van der Waals surface area (Å²) in [7, 11) is 0. The minimum atomic E-state index is 0.390. The zero-order chi connectivity index (χ0) is 14.5. The van der Waals surface area contributed by atoms with E-state index < -0.39 is 0 Å². The molecule has 0 fully saturated rings. The standard InChI is InChI=1S/C16H20Br2N2/c1-3-14-16(18)15(20(4-2)19-14)11-10-13(17)12-8-6-5-7-9-12/h5-9,13H,3-4,10-11H2,1-2H3. The second kappa shape index (κ2) is 7.41. The molecule has 0 saturated carbocycles. The van der Waals surface area contributed by atoms with Crippen molar-refractivity contribution in [2.24, 2.45) is 0 Å². The molecule has 0 aliphatic carbocycles. The van der Waals surface area contributed by atoms with Crippen molar-refractivity contribution in [1.82, 2.24) is 9.78 Å². The lowest BCUT2D eigenvalue weighted by molar-refractivity contribution is 0.602. The fraction of sp³-hybridized carbons (Fsp3) is 0.438. The summed E-state index contributed by atoms with van der Waals surface area (Å²) in [5.74, 6) is 0. The van der Waals surface area contributed by atoms with Crippen molar-refractivity contribution in [3.8, 4) is 0 Å². The van der Waals surface area contributed by atoms with Crippen molar-refractivity contribution in [3.05, 3.63) is 51.8 Å². The van der Waals surface area contributed by atoms with Gasteiger partial charge in [0.25, 0.3) is 0 Å². The van der Waals surface area contributed by atoms with Crippen LogP contribution in [0.5, 0.6) is 0 Å². The van der Waals surface area contributed by atoms with Crippen molar-refractivity contribution in [3.63, 3.8) is 0 Å². The predicted molar refractivity (Wildman–Crippen MR) is 91.4 cm³/mol. The molecule has 0 radical (unpaired) electrons. The van der Waals surface area contributed by atoms with Gasteiger partial charge in [-0.05, 0) is 47.7 Å². The van der Waals surface area contributed by atoms with E-state index in [-0.39, 0.29) is 0 Å². The monoisotopic (exact) mass is 398 g/mol. The van der Waals surface area contributed by atoms with Gasteiger partial charge >= 0.3 is 0 Å². The Labute approximate surface area is 137 Å². The molecule has 0 saturated heterocycles. The summed E-state index contributed by atoms with van der Waals surface area (Å²) < 4.78 is 3.31. The first-order chi connectivity index (χ1) is 9.67. The lowest BCUT2D eigenvalue weighted by atomic mass is 10.1. The van der Waals surface area contributed by atoms with E-state index in [1.54, 1.807) is 0 Å². The van der Waals surface area contributed by atoms with Gasteiger partial charge < -0.3 is 0 Å². The molecule has 1 atom stereocenters. The molecule has 0 spiro atoms. The Hall–Kier alpha value is -0.610. The highest BCUT2D eigenvalue weighted by Gasteiger charge is 2.15. The summed E-state index contributed by atoms with van der Waals surface area (Å²) in [6.07, 6.45) is 3.06. The maximum atomic E-state index is 4.65. The van der Waals surface area contributed by atoms with Crippen molar-refractivity contribution in [2.75, 3.05) is 0 Å². The number of hydrogen-bond donors (Lipinski definition) is 0.